The van der Waals surface area contributed by atoms with E-state index in [0.29, 0.717) is 23.7 Å². The minimum absolute atomic E-state index is 0.0473. The van der Waals surface area contributed by atoms with Crippen molar-refractivity contribution >= 4 is 45.1 Å². The van der Waals surface area contributed by atoms with Crippen molar-refractivity contribution in [3.05, 3.63) is 57.6 Å². The Balaban J connectivity index is 1.83. The maximum absolute atomic E-state index is 12.7. The second kappa shape index (κ2) is 13.8. The number of nitrogens with one attached hydrogen (secondary N) is 3. The molecular weight excluding hydrogens is 506 g/mol. The lowest BCUT2D eigenvalue weighted by Crippen LogP contribution is -2.49. The van der Waals surface area contributed by atoms with Crippen LogP contribution in [0.2, 0.25) is 0 Å². The van der Waals surface area contributed by atoms with Crippen LogP contribution in [0.3, 0.4) is 0 Å². The molecule has 33 heavy (non-hydrogen) atoms. The van der Waals surface area contributed by atoms with Crippen molar-refractivity contribution in [3.8, 4) is 11.5 Å². The number of unbranched alkanes of at least 4 members (excludes halogenated alkanes) is 3. The van der Waals surface area contributed by atoms with E-state index in [1.165, 1.54) is 0 Å². The van der Waals surface area contributed by atoms with Gasteiger partial charge in [0.2, 0.25) is 0 Å². The van der Waals surface area contributed by atoms with Gasteiger partial charge >= 0.3 is 0 Å². The van der Waals surface area contributed by atoms with E-state index in [-0.39, 0.29) is 11.7 Å². The number of halogens is 1. The van der Waals surface area contributed by atoms with Crippen molar-refractivity contribution in [2.24, 2.45) is 0 Å². The fourth-order valence-corrected chi connectivity index (χ4v) is 3.41. The first-order valence-electron chi connectivity index (χ1n) is 10.8. The van der Waals surface area contributed by atoms with Gasteiger partial charge in [-0.15, -0.1) is 0 Å². The Labute approximate surface area is 208 Å². The van der Waals surface area contributed by atoms with Gasteiger partial charge in [-0.2, -0.15) is 0 Å². The number of aryl methyl sites for hydroxylation is 1. The standard InChI is InChI=1S/C24H30BrN3O4S/c1-4-5-6-7-13-31-21-12-11-18(25)14-19(21)23(30)26-24(33)28-27-22(29)15-32-20-10-8-9-16(2)17(20)3/h8-12,14H,4-7,13,15H2,1-3H3,(H,27,29)(H2,26,28,30,33). The molecule has 0 fully saturated rings. The lowest BCUT2D eigenvalue weighted by molar-refractivity contribution is -0.123. The molecule has 0 bridgehead atoms. The number of hydrogen-bond acceptors (Lipinski definition) is 5. The summed E-state index contributed by atoms with van der Waals surface area (Å²) >= 11 is 8.50. The highest BCUT2D eigenvalue weighted by Crippen LogP contribution is 2.24. The summed E-state index contributed by atoms with van der Waals surface area (Å²) in [7, 11) is 0. The molecule has 3 N–H and O–H groups in total. The van der Waals surface area contributed by atoms with Crippen LogP contribution in [0.1, 0.15) is 54.1 Å². The third kappa shape index (κ3) is 9.01. The van der Waals surface area contributed by atoms with E-state index in [9.17, 15) is 9.59 Å². The highest BCUT2D eigenvalue weighted by atomic mass is 79.9. The van der Waals surface area contributed by atoms with Crippen molar-refractivity contribution in [2.45, 2.75) is 46.5 Å². The van der Waals surface area contributed by atoms with Gasteiger partial charge < -0.3 is 9.47 Å². The molecule has 7 nitrogen and oxygen atoms in total. The zero-order valence-electron chi connectivity index (χ0n) is 19.1. The zero-order valence-corrected chi connectivity index (χ0v) is 21.5. The van der Waals surface area contributed by atoms with E-state index in [2.05, 4.69) is 39.0 Å². The first-order valence-corrected chi connectivity index (χ1v) is 12.0. The number of carbonyl (C=O) groups excluding carboxylic acids is 2. The second-order valence-electron chi connectivity index (χ2n) is 7.49. The van der Waals surface area contributed by atoms with Gasteiger partial charge in [0.1, 0.15) is 11.5 Å². The van der Waals surface area contributed by atoms with Crippen molar-refractivity contribution in [2.75, 3.05) is 13.2 Å². The Morgan fingerprint density at radius 2 is 1.79 bits per heavy atom. The Morgan fingerprint density at radius 3 is 2.55 bits per heavy atom. The number of benzene rings is 2. The average molecular weight is 536 g/mol. The number of carbonyl (C=O) groups is 2. The molecule has 2 aromatic carbocycles. The van der Waals surface area contributed by atoms with E-state index >= 15 is 0 Å². The molecule has 0 atom stereocenters. The van der Waals surface area contributed by atoms with Gasteiger partial charge in [0, 0.05) is 4.47 Å². The summed E-state index contributed by atoms with van der Waals surface area (Å²) in [5.74, 6) is 0.225. The Hall–Kier alpha value is -2.65. The lowest BCUT2D eigenvalue weighted by atomic mass is 10.1. The maximum atomic E-state index is 12.7. The Kier molecular flexibility index (Phi) is 11.1. The molecular formula is C24H30BrN3O4S. The summed E-state index contributed by atoms with van der Waals surface area (Å²) in [6, 6.07) is 10.8. The second-order valence-corrected chi connectivity index (χ2v) is 8.82. The van der Waals surface area contributed by atoms with Crippen LogP contribution in [-0.4, -0.2) is 30.1 Å². The summed E-state index contributed by atoms with van der Waals surface area (Å²) in [6.45, 7) is 6.38. The van der Waals surface area contributed by atoms with E-state index in [1.807, 2.05) is 32.0 Å². The number of thiocarbonyl (C=S) groups is 1. The molecule has 0 aliphatic heterocycles. The average Bonchev–Trinajstić information content (AvgIpc) is 2.79. The fourth-order valence-electron chi connectivity index (χ4n) is 2.90. The van der Waals surface area contributed by atoms with E-state index in [1.54, 1.807) is 18.2 Å². The Morgan fingerprint density at radius 1 is 1.00 bits per heavy atom. The van der Waals surface area contributed by atoms with E-state index in [4.69, 9.17) is 21.7 Å². The molecule has 2 aromatic rings. The van der Waals surface area contributed by atoms with Crippen LogP contribution in [-0.2, 0) is 4.79 Å². The maximum Gasteiger partial charge on any atom is 0.276 e. The predicted molar refractivity (Wildman–Crippen MR) is 137 cm³/mol. The molecule has 0 unspecified atom stereocenters. The SMILES string of the molecule is CCCCCCOc1ccc(Br)cc1C(=O)NC(=S)NNC(=O)COc1cccc(C)c1C. The normalized spacial score (nSPS) is 10.3. The molecule has 0 aliphatic rings. The lowest BCUT2D eigenvalue weighted by Gasteiger charge is -2.14. The predicted octanol–water partition coefficient (Wildman–Crippen LogP) is 4.74. The monoisotopic (exact) mass is 535 g/mol. The van der Waals surface area contributed by atoms with Crippen molar-refractivity contribution in [1.29, 1.82) is 0 Å². The quantitative estimate of drug-likeness (QED) is 0.231. The van der Waals surface area contributed by atoms with Crippen LogP contribution in [0.4, 0.5) is 0 Å². The first kappa shape index (κ1) is 26.6. The number of ether oxygens (including phenoxy) is 2. The summed E-state index contributed by atoms with van der Waals surface area (Å²) in [5, 5.41) is 2.50. The molecule has 0 spiro atoms. The zero-order chi connectivity index (χ0) is 24.2. The molecule has 0 radical (unpaired) electrons. The molecule has 2 amide bonds. The summed E-state index contributed by atoms with van der Waals surface area (Å²) < 4.78 is 12.1. The van der Waals surface area contributed by atoms with Crippen LogP contribution < -0.4 is 25.6 Å². The van der Waals surface area contributed by atoms with Crippen LogP contribution in [0.5, 0.6) is 11.5 Å². The highest BCUT2D eigenvalue weighted by Gasteiger charge is 2.15. The minimum Gasteiger partial charge on any atom is -0.493 e. The summed E-state index contributed by atoms with van der Waals surface area (Å²) in [6.07, 6.45) is 4.29. The number of amides is 2. The smallest absolute Gasteiger partial charge is 0.276 e. The van der Waals surface area contributed by atoms with Crippen molar-refractivity contribution < 1.29 is 19.1 Å². The summed E-state index contributed by atoms with van der Waals surface area (Å²) in [4.78, 5) is 24.8. The molecule has 0 saturated heterocycles. The number of hydrogen-bond donors (Lipinski definition) is 3. The summed E-state index contributed by atoms with van der Waals surface area (Å²) in [5.41, 5.74) is 7.31. The van der Waals surface area contributed by atoms with Crippen LogP contribution >= 0.6 is 28.1 Å². The third-order valence-corrected chi connectivity index (χ3v) is 5.60. The van der Waals surface area contributed by atoms with Gasteiger partial charge in [0.25, 0.3) is 11.8 Å². The van der Waals surface area contributed by atoms with Gasteiger partial charge in [-0.05, 0) is 67.9 Å². The molecule has 0 aromatic heterocycles. The molecule has 0 saturated carbocycles. The minimum atomic E-state index is -0.446. The molecule has 0 aliphatic carbocycles. The number of rotatable bonds is 10. The van der Waals surface area contributed by atoms with Crippen LogP contribution in [0.15, 0.2) is 40.9 Å². The van der Waals surface area contributed by atoms with E-state index in [0.717, 1.165) is 41.3 Å². The van der Waals surface area contributed by atoms with Gasteiger partial charge in [0.15, 0.2) is 11.7 Å². The third-order valence-electron chi connectivity index (χ3n) is 4.90. The fraction of sp³-hybridized carbons (Fsp3) is 0.375. The molecule has 178 valence electrons. The van der Waals surface area contributed by atoms with Crippen molar-refractivity contribution in [1.82, 2.24) is 16.2 Å². The van der Waals surface area contributed by atoms with Crippen LogP contribution in [0, 0.1) is 13.8 Å². The van der Waals surface area contributed by atoms with Gasteiger partial charge in [-0.1, -0.05) is 54.2 Å². The van der Waals surface area contributed by atoms with Crippen molar-refractivity contribution in [3.63, 3.8) is 0 Å². The van der Waals surface area contributed by atoms with Gasteiger partial charge in [-0.3, -0.25) is 25.8 Å². The first-order chi connectivity index (χ1) is 15.8. The molecule has 0 heterocycles. The number of hydrazine groups is 1. The topological polar surface area (TPSA) is 88.7 Å². The largest absolute Gasteiger partial charge is 0.493 e. The molecule has 9 heteroatoms. The Bertz CT molecular complexity index is 984. The highest BCUT2D eigenvalue weighted by molar-refractivity contribution is 9.10. The van der Waals surface area contributed by atoms with Crippen LogP contribution in [0.25, 0.3) is 0 Å². The van der Waals surface area contributed by atoms with Gasteiger partial charge in [0.05, 0.1) is 12.2 Å². The van der Waals surface area contributed by atoms with E-state index < -0.39 is 11.8 Å². The van der Waals surface area contributed by atoms with Gasteiger partial charge in [-0.25, -0.2) is 0 Å². The molecule has 2 rings (SSSR count).